The van der Waals surface area contributed by atoms with Gasteiger partial charge >= 0.3 is 0 Å². The molecule has 0 spiro atoms. The fourth-order valence-corrected chi connectivity index (χ4v) is 4.84. The van der Waals surface area contributed by atoms with Crippen LogP contribution in [0.1, 0.15) is 58.6 Å². The number of aliphatic hydroxyl groups excluding tert-OH is 1. The highest BCUT2D eigenvalue weighted by Crippen LogP contribution is 2.66. The van der Waals surface area contributed by atoms with Gasteiger partial charge in [0.1, 0.15) is 0 Å². The molecule has 0 saturated heterocycles. The number of aliphatic hydroxyl groups is 1. The average Bonchev–Trinajstić information content (AvgIpc) is 2.91. The minimum absolute atomic E-state index is 0. The smallest absolute Gasteiger partial charge is 0.0898 e. The first-order valence-electron chi connectivity index (χ1n) is 9.42. The zero-order valence-corrected chi connectivity index (χ0v) is 16.8. The van der Waals surface area contributed by atoms with Gasteiger partial charge in [-0.3, -0.25) is 0 Å². The van der Waals surface area contributed by atoms with E-state index >= 15 is 0 Å². The summed E-state index contributed by atoms with van der Waals surface area (Å²) in [7, 11) is 0. The van der Waals surface area contributed by atoms with E-state index in [1.54, 1.807) is 0 Å². The molecule has 0 aliphatic heterocycles. The summed E-state index contributed by atoms with van der Waals surface area (Å²) in [5.41, 5.74) is 1.87. The molecule has 2 N–H and O–H groups in total. The Kier molecular flexibility index (Phi) is 6.59. The second-order valence-corrected chi connectivity index (χ2v) is 8.63. The van der Waals surface area contributed by atoms with Gasteiger partial charge in [0, 0.05) is 12.6 Å². The molecule has 3 nitrogen and oxygen atoms in total. The van der Waals surface area contributed by atoms with Crippen molar-refractivity contribution >= 4 is 12.4 Å². The Morgan fingerprint density at radius 3 is 2.48 bits per heavy atom. The molecule has 4 heteroatoms. The lowest BCUT2D eigenvalue weighted by Crippen LogP contribution is -2.40. The Labute approximate surface area is 159 Å². The van der Waals surface area contributed by atoms with Crippen LogP contribution in [0, 0.1) is 16.7 Å². The molecule has 2 aliphatic carbocycles. The molecule has 0 heterocycles. The van der Waals surface area contributed by atoms with Crippen LogP contribution in [0.5, 0.6) is 0 Å². The number of nitrogens with one attached hydrogen (secondary N) is 1. The molecule has 2 saturated carbocycles. The average molecular weight is 368 g/mol. The molecule has 2 aliphatic rings. The van der Waals surface area contributed by atoms with Gasteiger partial charge in [-0.2, -0.15) is 0 Å². The third kappa shape index (κ3) is 3.90. The fraction of sp³-hybridized carbons (Fsp3) is 0.714. The predicted octanol–water partition coefficient (Wildman–Crippen LogP) is 4.35. The first kappa shape index (κ1) is 20.7. The molecule has 5 atom stereocenters. The van der Waals surface area contributed by atoms with E-state index in [2.05, 4.69) is 45.1 Å². The first-order chi connectivity index (χ1) is 11.3. The molecule has 142 valence electrons. The van der Waals surface area contributed by atoms with Gasteiger partial charge in [-0.25, -0.2) is 0 Å². The largest absolute Gasteiger partial charge is 0.389 e. The summed E-state index contributed by atoms with van der Waals surface area (Å²) in [4.78, 5) is 0. The van der Waals surface area contributed by atoms with E-state index in [0.717, 1.165) is 12.3 Å². The summed E-state index contributed by atoms with van der Waals surface area (Å²) in [6.07, 6.45) is 3.59. The summed E-state index contributed by atoms with van der Waals surface area (Å²) in [6.45, 7) is 10.3. The summed E-state index contributed by atoms with van der Waals surface area (Å²) < 4.78 is 6.19. The van der Waals surface area contributed by atoms with E-state index in [1.807, 2.05) is 18.2 Å². The highest BCUT2D eigenvalue weighted by atomic mass is 35.5. The molecule has 0 radical (unpaired) electrons. The minimum atomic E-state index is -0.456. The van der Waals surface area contributed by atoms with Crippen LogP contribution in [0.4, 0.5) is 0 Å². The van der Waals surface area contributed by atoms with Gasteiger partial charge in [0.15, 0.2) is 0 Å². The van der Waals surface area contributed by atoms with Gasteiger partial charge in [0.25, 0.3) is 0 Å². The Morgan fingerprint density at radius 1 is 1.24 bits per heavy atom. The third-order valence-electron chi connectivity index (χ3n) is 7.16. The van der Waals surface area contributed by atoms with E-state index < -0.39 is 6.10 Å². The van der Waals surface area contributed by atoms with Gasteiger partial charge in [-0.1, -0.05) is 51.1 Å². The van der Waals surface area contributed by atoms with Gasteiger partial charge in [0.05, 0.1) is 18.8 Å². The topological polar surface area (TPSA) is 41.5 Å². The standard InChI is InChI=1S/C21H33NO2.ClH/c1-15(16-8-6-5-7-9-16)22-13-18(23)14-24-19-12-17-10-11-21(19,4)20(17,2)3;/h5-9,15,17-19,22-23H,10-14H2,1-4H3;1H. The van der Waals surface area contributed by atoms with Crippen LogP contribution in [-0.2, 0) is 4.74 Å². The molecule has 2 fully saturated rings. The molecule has 3 rings (SSSR count). The molecular formula is C21H34ClNO2. The van der Waals surface area contributed by atoms with Crippen LogP contribution in [0.3, 0.4) is 0 Å². The lowest BCUT2D eigenvalue weighted by molar-refractivity contribution is -0.0744. The molecule has 5 unspecified atom stereocenters. The van der Waals surface area contributed by atoms with Crippen molar-refractivity contribution < 1.29 is 9.84 Å². The number of hydrogen-bond donors (Lipinski definition) is 2. The second-order valence-electron chi connectivity index (χ2n) is 8.63. The van der Waals surface area contributed by atoms with Crippen LogP contribution >= 0.6 is 12.4 Å². The number of hydrogen-bond acceptors (Lipinski definition) is 3. The van der Waals surface area contributed by atoms with Gasteiger partial charge in [-0.05, 0) is 48.5 Å². The Balaban J connectivity index is 0.00000225. The van der Waals surface area contributed by atoms with Crippen molar-refractivity contribution in [2.75, 3.05) is 13.2 Å². The Bertz CT molecular complexity index is 550. The summed E-state index contributed by atoms with van der Waals surface area (Å²) in [6, 6.07) is 10.6. The number of fused-ring (bicyclic) bond motifs is 2. The normalized spacial score (nSPS) is 32.2. The highest BCUT2D eigenvalue weighted by molar-refractivity contribution is 5.85. The van der Waals surface area contributed by atoms with E-state index in [0.29, 0.717) is 24.7 Å². The summed E-state index contributed by atoms with van der Waals surface area (Å²) in [5, 5.41) is 13.7. The van der Waals surface area contributed by atoms with Crippen molar-refractivity contribution in [2.24, 2.45) is 16.7 Å². The second kappa shape index (κ2) is 7.96. The van der Waals surface area contributed by atoms with Crippen molar-refractivity contribution in [3.8, 4) is 0 Å². The molecule has 0 amide bonds. The van der Waals surface area contributed by atoms with Crippen molar-refractivity contribution in [1.82, 2.24) is 5.32 Å². The fourth-order valence-electron chi connectivity index (χ4n) is 4.84. The van der Waals surface area contributed by atoms with Crippen LogP contribution < -0.4 is 5.32 Å². The van der Waals surface area contributed by atoms with Crippen molar-refractivity contribution in [1.29, 1.82) is 0 Å². The Hall–Kier alpha value is -0.610. The van der Waals surface area contributed by atoms with Crippen molar-refractivity contribution in [2.45, 2.75) is 65.2 Å². The molecule has 1 aromatic carbocycles. The molecule has 1 aromatic rings. The maximum Gasteiger partial charge on any atom is 0.0898 e. The van der Waals surface area contributed by atoms with Crippen LogP contribution in [0.2, 0.25) is 0 Å². The number of rotatable bonds is 7. The van der Waals surface area contributed by atoms with Gasteiger partial charge in [0.2, 0.25) is 0 Å². The highest BCUT2D eigenvalue weighted by Gasteiger charge is 2.61. The lowest BCUT2D eigenvalue weighted by atomic mass is 9.70. The molecule has 2 bridgehead atoms. The minimum Gasteiger partial charge on any atom is -0.389 e. The first-order valence-corrected chi connectivity index (χ1v) is 9.42. The zero-order valence-electron chi connectivity index (χ0n) is 16.0. The summed E-state index contributed by atoms with van der Waals surface area (Å²) in [5.74, 6) is 0.779. The van der Waals surface area contributed by atoms with Gasteiger partial charge < -0.3 is 15.2 Å². The number of ether oxygens (including phenoxy) is 1. The van der Waals surface area contributed by atoms with Crippen molar-refractivity contribution in [3.05, 3.63) is 35.9 Å². The molecular weight excluding hydrogens is 334 g/mol. The molecule has 0 aromatic heterocycles. The summed E-state index contributed by atoms with van der Waals surface area (Å²) >= 11 is 0. The maximum atomic E-state index is 10.3. The van der Waals surface area contributed by atoms with Crippen LogP contribution in [0.15, 0.2) is 30.3 Å². The zero-order chi connectivity index (χ0) is 17.4. The van der Waals surface area contributed by atoms with Crippen LogP contribution in [-0.4, -0.2) is 30.5 Å². The van der Waals surface area contributed by atoms with E-state index in [4.69, 9.17) is 4.74 Å². The lowest BCUT2D eigenvalue weighted by Gasteiger charge is -2.39. The number of halogens is 1. The van der Waals surface area contributed by atoms with Crippen LogP contribution in [0.25, 0.3) is 0 Å². The third-order valence-corrected chi connectivity index (χ3v) is 7.16. The van der Waals surface area contributed by atoms with E-state index in [-0.39, 0.29) is 23.9 Å². The monoisotopic (exact) mass is 367 g/mol. The molecule has 25 heavy (non-hydrogen) atoms. The number of benzene rings is 1. The Morgan fingerprint density at radius 2 is 1.92 bits per heavy atom. The van der Waals surface area contributed by atoms with E-state index in [1.165, 1.54) is 18.4 Å². The van der Waals surface area contributed by atoms with Gasteiger partial charge in [-0.15, -0.1) is 12.4 Å². The quantitative estimate of drug-likeness (QED) is 0.752. The van der Waals surface area contributed by atoms with Crippen molar-refractivity contribution in [3.63, 3.8) is 0 Å². The predicted molar refractivity (Wildman–Crippen MR) is 105 cm³/mol. The van der Waals surface area contributed by atoms with E-state index in [9.17, 15) is 5.11 Å². The maximum absolute atomic E-state index is 10.3. The SMILES string of the molecule is CC(NCC(O)COC1CC2CCC1(C)C2(C)C)c1ccccc1.Cl.